The van der Waals surface area contributed by atoms with Crippen molar-refractivity contribution in [2.24, 2.45) is 7.05 Å². The molecule has 2 amide bonds. The van der Waals surface area contributed by atoms with Gasteiger partial charge in [-0.15, -0.1) is 0 Å². The number of nitrogens with one attached hydrogen (secondary N) is 1. The molecule has 0 spiro atoms. The quantitative estimate of drug-likeness (QED) is 0.879. The maximum atomic E-state index is 12.7. The molecular weight excluding hydrogens is 356 g/mol. The summed E-state index contributed by atoms with van der Waals surface area (Å²) in [5, 5.41) is 7.46. The predicted octanol–water partition coefficient (Wildman–Crippen LogP) is 3.05. The molecule has 0 saturated carbocycles. The lowest BCUT2D eigenvalue weighted by Gasteiger charge is -2.31. The molecule has 1 aliphatic rings. The molecular formula is C21H28N4O3. The topological polar surface area (TPSA) is 76.5 Å². The number of rotatable bonds is 4. The molecule has 7 nitrogen and oxygen atoms in total. The third kappa shape index (κ3) is 4.35. The number of hydrogen-bond donors (Lipinski definition) is 1. The van der Waals surface area contributed by atoms with Gasteiger partial charge in [-0.2, -0.15) is 5.10 Å². The minimum atomic E-state index is -0.282. The first-order valence-corrected chi connectivity index (χ1v) is 9.73. The molecule has 1 aromatic heterocycles. The average Bonchev–Trinajstić information content (AvgIpc) is 3.06. The van der Waals surface area contributed by atoms with Gasteiger partial charge in [-0.25, -0.2) is 4.79 Å². The molecule has 7 heteroatoms. The van der Waals surface area contributed by atoms with Gasteiger partial charge in [0.15, 0.2) is 5.69 Å². The van der Waals surface area contributed by atoms with E-state index in [1.165, 1.54) is 5.56 Å². The van der Waals surface area contributed by atoms with Crippen molar-refractivity contribution in [1.82, 2.24) is 20.0 Å². The lowest BCUT2D eigenvalue weighted by molar-refractivity contribution is 0.0856. The maximum absolute atomic E-state index is 12.7. The average molecular weight is 384 g/mol. The molecule has 2 heterocycles. The second-order valence-electron chi connectivity index (χ2n) is 7.29. The van der Waals surface area contributed by atoms with E-state index in [-0.39, 0.29) is 18.0 Å². The summed E-state index contributed by atoms with van der Waals surface area (Å²) in [6.07, 6.45) is 1.14. The largest absolute Gasteiger partial charge is 0.450 e. The molecule has 1 aromatic carbocycles. The van der Waals surface area contributed by atoms with Crippen molar-refractivity contribution in [3.63, 3.8) is 0 Å². The van der Waals surface area contributed by atoms with Crippen LogP contribution in [0.1, 0.15) is 41.4 Å². The van der Waals surface area contributed by atoms with Crippen molar-refractivity contribution in [2.45, 2.75) is 39.7 Å². The van der Waals surface area contributed by atoms with Crippen molar-refractivity contribution < 1.29 is 14.3 Å². The number of carbonyl (C=O) groups excluding carboxylic acids is 2. The number of piperidine rings is 1. The number of nitrogens with zero attached hydrogens (tertiary/aromatic N) is 3. The van der Waals surface area contributed by atoms with Crippen LogP contribution in [0.25, 0.3) is 11.3 Å². The van der Waals surface area contributed by atoms with Crippen LogP contribution in [0.5, 0.6) is 0 Å². The summed E-state index contributed by atoms with van der Waals surface area (Å²) in [4.78, 5) is 26.2. The molecule has 0 unspecified atom stereocenters. The molecule has 3 rings (SSSR count). The molecule has 150 valence electrons. The first kappa shape index (κ1) is 19.9. The standard InChI is InChI=1S/C21H28N4O3/c1-5-28-21(27)25-10-8-16(9-11-25)22-20(26)18-13-19(24(4)23-18)17-12-14(2)6-7-15(17)3/h6-7,12-13,16H,5,8-11H2,1-4H3,(H,22,26). The van der Waals surface area contributed by atoms with Crippen molar-refractivity contribution >= 4 is 12.0 Å². The van der Waals surface area contributed by atoms with Crippen LogP contribution in [0.15, 0.2) is 24.3 Å². The minimum Gasteiger partial charge on any atom is -0.450 e. The smallest absolute Gasteiger partial charge is 0.409 e. The molecule has 0 bridgehead atoms. The molecule has 1 saturated heterocycles. The Hall–Kier alpha value is -2.83. The van der Waals surface area contributed by atoms with E-state index in [0.29, 0.717) is 38.2 Å². The number of carbonyl (C=O) groups is 2. The highest BCUT2D eigenvalue weighted by Gasteiger charge is 2.25. The zero-order valence-electron chi connectivity index (χ0n) is 17.0. The van der Waals surface area contributed by atoms with E-state index in [9.17, 15) is 9.59 Å². The molecule has 28 heavy (non-hydrogen) atoms. The fraction of sp³-hybridized carbons (Fsp3) is 0.476. The van der Waals surface area contributed by atoms with Crippen molar-refractivity contribution in [3.8, 4) is 11.3 Å². The highest BCUT2D eigenvalue weighted by Crippen LogP contribution is 2.25. The van der Waals surface area contributed by atoms with Gasteiger partial charge in [0, 0.05) is 31.7 Å². The fourth-order valence-electron chi connectivity index (χ4n) is 3.52. The number of benzene rings is 1. The molecule has 1 N–H and O–H groups in total. The molecule has 0 atom stereocenters. The lowest BCUT2D eigenvalue weighted by atomic mass is 10.0. The number of amides is 2. The van der Waals surface area contributed by atoms with Crippen molar-refractivity contribution in [1.29, 1.82) is 0 Å². The van der Waals surface area contributed by atoms with Gasteiger partial charge in [0.2, 0.25) is 0 Å². The number of ether oxygens (including phenoxy) is 1. The number of likely N-dealkylation sites (tertiary alicyclic amines) is 1. The monoisotopic (exact) mass is 384 g/mol. The van der Waals surface area contributed by atoms with Crippen LogP contribution >= 0.6 is 0 Å². The number of hydrogen-bond acceptors (Lipinski definition) is 4. The minimum absolute atomic E-state index is 0.0318. The normalized spacial score (nSPS) is 14.8. The highest BCUT2D eigenvalue weighted by atomic mass is 16.6. The molecule has 2 aromatic rings. The molecule has 0 radical (unpaired) electrons. The van der Waals surface area contributed by atoms with Gasteiger partial charge in [-0.3, -0.25) is 9.48 Å². The van der Waals surface area contributed by atoms with Crippen LogP contribution in [0.3, 0.4) is 0 Å². The van der Waals surface area contributed by atoms with Gasteiger partial charge in [-0.05, 0) is 51.3 Å². The summed E-state index contributed by atoms with van der Waals surface area (Å²) in [5.41, 5.74) is 4.72. The van der Waals surface area contributed by atoms with Gasteiger partial charge in [-0.1, -0.05) is 17.7 Å². The van der Waals surface area contributed by atoms with E-state index in [1.807, 2.05) is 13.1 Å². The fourth-order valence-corrected chi connectivity index (χ4v) is 3.52. The summed E-state index contributed by atoms with van der Waals surface area (Å²) in [6, 6.07) is 8.13. The van der Waals surface area contributed by atoms with Crippen molar-refractivity contribution in [2.75, 3.05) is 19.7 Å². The first-order valence-electron chi connectivity index (χ1n) is 9.73. The Balaban J connectivity index is 1.65. The Morgan fingerprint density at radius 3 is 2.61 bits per heavy atom. The molecule has 0 aliphatic carbocycles. The third-order valence-electron chi connectivity index (χ3n) is 5.14. The molecule has 1 aliphatic heterocycles. The Kier molecular flexibility index (Phi) is 6.02. The van der Waals surface area contributed by atoms with Crippen LogP contribution < -0.4 is 5.32 Å². The Morgan fingerprint density at radius 1 is 1.21 bits per heavy atom. The van der Waals surface area contributed by atoms with Gasteiger partial charge >= 0.3 is 6.09 Å². The predicted molar refractivity (Wildman–Crippen MR) is 107 cm³/mol. The van der Waals surface area contributed by atoms with Gasteiger partial charge in [0.05, 0.1) is 12.3 Å². The summed E-state index contributed by atoms with van der Waals surface area (Å²) in [7, 11) is 1.85. The summed E-state index contributed by atoms with van der Waals surface area (Å²) in [6.45, 7) is 7.44. The Labute approximate surface area is 165 Å². The third-order valence-corrected chi connectivity index (χ3v) is 5.14. The van der Waals surface area contributed by atoms with E-state index in [2.05, 4.69) is 42.5 Å². The highest BCUT2D eigenvalue weighted by molar-refractivity contribution is 5.93. The maximum Gasteiger partial charge on any atom is 0.409 e. The zero-order valence-corrected chi connectivity index (χ0v) is 17.0. The van der Waals surface area contributed by atoms with Crippen LogP contribution in [0.2, 0.25) is 0 Å². The molecule has 1 fully saturated rings. The second kappa shape index (κ2) is 8.46. The van der Waals surface area contributed by atoms with Gasteiger partial charge < -0.3 is 15.0 Å². The van der Waals surface area contributed by atoms with Crippen LogP contribution in [0.4, 0.5) is 4.79 Å². The van der Waals surface area contributed by atoms with E-state index in [0.717, 1.165) is 16.8 Å². The van der Waals surface area contributed by atoms with E-state index >= 15 is 0 Å². The Morgan fingerprint density at radius 2 is 1.93 bits per heavy atom. The van der Waals surface area contributed by atoms with Crippen LogP contribution in [-0.2, 0) is 11.8 Å². The summed E-state index contributed by atoms with van der Waals surface area (Å²) < 4.78 is 6.78. The van der Waals surface area contributed by atoms with E-state index < -0.39 is 0 Å². The number of aryl methyl sites for hydroxylation is 3. The number of aromatic nitrogens is 2. The van der Waals surface area contributed by atoms with Gasteiger partial charge in [0.25, 0.3) is 5.91 Å². The SMILES string of the molecule is CCOC(=O)N1CCC(NC(=O)c2cc(-c3cc(C)ccc3C)n(C)n2)CC1. The van der Waals surface area contributed by atoms with Crippen LogP contribution in [-0.4, -0.2) is 52.4 Å². The second-order valence-corrected chi connectivity index (χ2v) is 7.29. The zero-order chi connectivity index (χ0) is 20.3. The first-order chi connectivity index (χ1) is 13.4. The Bertz CT molecular complexity index is 867. The van der Waals surface area contributed by atoms with E-state index in [1.54, 1.807) is 16.5 Å². The lowest BCUT2D eigenvalue weighted by Crippen LogP contribution is -2.46. The summed E-state index contributed by atoms with van der Waals surface area (Å²) >= 11 is 0. The summed E-state index contributed by atoms with van der Waals surface area (Å²) in [5.74, 6) is -0.179. The van der Waals surface area contributed by atoms with Crippen molar-refractivity contribution in [3.05, 3.63) is 41.1 Å². The van der Waals surface area contributed by atoms with Gasteiger partial charge in [0.1, 0.15) is 0 Å². The van der Waals surface area contributed by atoms with E-state index in [4.69, 9.17) is 4.74 Å². The van der Waals surface area contributed by atoms with Crippen LogP contribution in [0, 0.1) is 13.8 Å².